The monoisotopic (exact) mass is 868 g/mol. The van der Waals surface area contributed by atoms with Gasteiger partial charge in [0, 0.05) is 32.2 Å². The Morgan fingerprint density at radius 1 is 0.548 bits per heavy atom. The Morgan fingerprint density at radius 2 is 1.03 bits per heavy atom. The summed E-state index contributed by atoms with van der Waals surface area (Å²) >= 11 is 0. The van der Waals surface area contributed by atoms with Crippen LogP contribution >= 0.6 is 0 Å². The van der Waals surface area contributed by atoms with Gasteiger partial charge in [-0.3, -0.25) is 0 Å². The van der Waals surface area contributed by atoms with Gasteiger partial charge in [0.05, 0.1) is 46.9 Å². The maximum atomic E-state index is 14.0. The number of hydrogen-bond donors (Lipinski definition) is 2. The third-order valence-electron chi connectivity index (χ3n) is 11.8. The Bertz CT molecular complexity index is 1940. The molecule has 62 heavy (non-hydrogen) atoms. The summed E-state index contributed by atoms with van der Waals surface area (Å²) in [4.78, 5) is 5.00. The zero-order valence-electron chi connectivity index (χ0n) is 36.8. The van der Waals surface area contributed by atoms with Gasteiger partial charge in [-0.15, -0.1) is 13.2 Å². The number of anilines is 2. The summed E-state index contributed by atoms with van der Waals surface area (Å²) < 4.78 is 82.2. The van der Waals surface area contributed by atoms with Crippen LogP contribution in [0.5, 0.6) is 34.5 Å². The number of para-hydroxylation sites is 2. The Hall–Kier alpha value is -5.08. The van der Waals surface area contributed by atoms with Crippen LogP contribution in [0.1, 0.15) is 49.7 Å². The fourth-order valence-corrected chi connectivity index (χ4v) is 8.06. The van der Waals surface area contributed by atoms with Gasteiger partial charge in [-0.2, -0.15) is 0 Å². The minimum Gasteiger partial charge on any atom is -0.497 e. The molecule has 14 heteroatoms. The predicted octanol–water partition coefficient (Wildman–Crippen LogP) is 9.97. The van der Waals surface area contributed by atoms with Crippen LogP contribution in [-0.4, -0.2) is 104 Å². The molecule has 0 unspecified atom stereocenters. The first kappa shape index (κ1) is 48.0. The summed E-state index contributed by atoms with van der Waals surface area (Å²) in [6.07, 6.45) is 3.81. The Morgan fingerprint density at radius 3 is 1.48 bits per heavy atom. The highest BCUT2D eigenvalue weighted by atomic mass is 19.4. The van der Waals surface area contributed by atoms with Gasteiger partial charge >= 0.3 is 6.36 Å². The normalized spacial score (nSPS) is 15.2. The van der Waals surface area contributed by atoms with Crippen LogP contribution in [0.4, 0.5) is 28.9 Å². The fourth-order valence-electron chi connectivity index (χ4n) is 8.06. The number of piperidine rings is 2. The molecule has 2 heterocycles. The van der Waals surface area contributed by atoms with E-state index in [1.165, 1.54) is 42.2 Å². The molecule has 2 fully saturated rings. The Kier molecular flexibility index (Phi) is 19.0. The summed E-state index contributed by atoms with van der Waals surface area (Å²) in [6.45, 7) is 7.76. The quantitative estimate of drug-likeness (QED) is 0.0838. The van der Waals surface area contributed by atoms with Crippen molar-refractivity contribution in [3.8, 4) is 34.5 Å². The zero-order valence-corrected chi connectivity index (χ0v) is 36.8. The molecule has 2 aliphatic heterocycles. The minimum atomic E-state index is -4.69. The van der Waals surface area contributed by atoms with E-state index in [-0.39, 0.29) is 11.6 Å². The van der Waals surface area contributed by atoms with Crippen molar-refractivity contribution < 1.29 is 46.0 Å². The average Bonchev–Trinajstić information content (AvgIpc) is 3.29. The molecule has 0 amide bonds. The van der Waals surface area contributed by atoms with Gasteiger partial charge in [0.1, 0.15) is 11.6 Å². The van der Waals surface area contributed by atoms with Gasteiger partial charge in [-0.1, -0.05) is 24.3 Å². The number of rotatable bonds is 20. The maximum absolute atomic E-state index is 14.0. The molecular weight excluding hydrogens is 805 g/mol. The lowest BCUT2D eigenvalue weighted by Gasteiger charge is -2.32. The van der Waals surface area contributed by atoms with Crippen molar-refractivity contribution in [2.75, 3.05) is 98.5 Å². The van der Waals surface area contributed by atoms with Crippen molar-refractivity contribution in [1.82, 2.24) is 9.80 Å². The number of likely N-dealkylation sites (tertiary alicyclic amines) is 2. The molecule has 6 rings (SSSR count). The van der Waals surface area contributed by atoms with Crippen molar-refractivity contribution in [2.45, 2.75) is 57.7 Å². The molecule has 10 nitrogen and oxygen atoms in total. The van der Waals surface area contributed by atoms with E-state index in [2.05, 4.69) is 43.4 Å². The summed E-state index contributed by atoms with van der Waals surface area (Å²) in [6, 6.07) is 23.3. The largest absolute Gasteiger partial charge is 0.573 e. The van der Waals surface area contributed by atoms with Crippen LogP contribution in [0.15, 0.2) is 78.9 Å². The number of hydrogen-bond acceptors (Lipinski definition) is 10. The summed E-state index contributed by atoms with van der Waals surface area (Å²) in [7, 11) is 8.15. The van der Waals surface area contributed by atoms with Gasteiger partial charge in [0.2, 0.25) is 0 Å². The first-order valence-electron chi connectivity index (χ1n) is 21.5. The summed E-state index contributed by atoms with van der Waals surface area (Å²) in [5, 5.41) is 6.32. The second kappa shape index (κ2) is 24.5. The highest BCUT2D eigenvalue weighted by molar-refractivity contribution is 5.56. The molecular formula is C48H64F4N4O6. The first-order chi connectivity index (χ1) is 30.0. The van der Waals surface area contributed by atoms with E-state index in [1.54, 1.807) is 59.8 Å². The molecule has 2 N–H and O–H groups in total. The lowest BCUT2D eigenvalue weighted by atomic mass is 9.93. The molecule has 2 saturated heterocycles. The predicted molar refractivity (Wildman–Crippen MR) is 237 cm³/mol. The maximum Gasteiger partial charge on any atom is 0.573 e. The van der Waals surface area contributed by atoms with Crippen LogP contribution in [0.25, 0.3) is 0 Å². The van der Waals surface area contributed by atoms with Crippen molar-refractivity contribution >= 4 is 11.4 Å². The average molecular weight is 869 g/mol. The number of methoxy groups -OCH3 is 5. The van der Waals surface area contributed by atoms with Gasteiger partial charge in [-0.25, -0.2) is 4.39 Å². The number of benzene rings is 4. The van der Waals surface area contributed by atoms with Gasteiger partial charge in [-0.05, 0) is 149 Å². The van der Waals surface area contributed by atoms with E-state index in [0.717, 1.165) is 107 Å². The smallest absolute Gasteiger partial charge is 0.497 e. The number of nitrogens with zero attached hydrogens (tertiary/aromatic N) is 2. The molecule has 0 bridgehead atoms. The SMILES string of the molecule is COc1ccc(CCN2CCC(CCNc3ccccc3OC(F)(F)F)CC2)cc1OC.COc1ccc(NCCC2CCN(CCc3ccc(OC)c(OC)c3)CC2)c(F)c1. The standard InChI is InChI=1S/C24H31F3N2O3.C24H33FN2O3/c1-30-22-8-7-19(17-23(22)31-2)12-16-29-14-10-18(11-15-29)9-13-28-20-5-3-4-6-21(20)32-24(25,26)27;1-28-20-5-6-22(21(25)17-20)26-12-8-18-9-13-27(14-10-18)15-11-19-4-7-23(29-2)24(16-19)30-3/h3-8,17-18,28H,9-16H2,1-2H3;4-7,16-18,26H,8-15H2,1-3H3. The van der Waals surface area contributed by atoms with Crippen LogP contribution in [0, 0.1) is 17.7 Å². The van der Waals surface area contributed by atoms with E-state index < -0.39 is 6.36 Å². The number of alkyl halides is 3. The third kappa shape index (κ3) is 15.4. The second-order valence-electron chi connectivity index (χ2n) is 15.8. The van der Waals surface area contributed by atoms with E-state index in [4.69, 9.17) is 23.7 Å². The van der Waals surface area contributed by atoms with Crippen molar-refractivity contribution in [2.24, 2.45) is 11.8 Å². The molecule has 340 valence electrons. The topological polar surface area (TPSA) is 85.9 Å². The van der Waals surface area contributed by atoms with E-state index >= 15 is 0 Å². The number of halogens is 4. The fraction of sp³-hybridized carbons (Fsp3) is 0.500. The van der Waals surface area contributed by atoms with Crippen molar-refractivity contribution in [3.63, 3.8) is 0 Å². The molecule has 0 radical (unpaired) electrons. The number of nitrogens with one attached hydrogen (secondary N) is 2. The van der Waals surface area contributed by atoms with Gasteiger partial charge in [0.25, 0.3) is 0 Å². The van der Waals surface area contributed by atoms with Gasteiger partial charge in [0.15, 0.2) is 28.7 Å². The van der Waals surface area contributed by atoms with Crippen molar-refractivity contribution in [3.05, 3.63) is 95.8 Å². The first-order valence-corrected chi connectivity index (χ1v) is 21.5. The molecule has 0 spiro atoms. The molecule has 0 saturated carbocycles. The molecule has 0 aliphatic carbocycles. The van der Waals surface area contributed by atoms with Crippen molar-refractivity contribution in [1.29, 1.82) is 0 Å². The highest BCUT2D eigenvalue weighted by Gasteiger charge is 2.32. The lowest BCUT2D eigenvalue weighted by Crippen LogP contribution is -2.35. The zero-order chi connectivity index (χ0) is 44.3. The van der Waals surface area contributed by atoms with E-state index in [9.17, 15) is 17.6 Å². The molecule has 0 aromatic heterocycles. The molecule has 4 aromatic carbocycles. The molecule has 4 aromatic rings. The molecule has 0 atom stereocenters. The Balaban J connectivity index is 0.000000235. The van der Waals surface area contributed by atoms with Crippen LogP contribution < -0.4 is 39.1 Å². The third-order valence-corrected chi connectivity index (χ3v) is 11.8. The second-order valence-corrected chi connectivity index (χ2v) is 15.8. The Labute approximate surface area is 364 Å². The number of ether oxygens (including phenoxy) is 6. The minimum absolute atomic E-state index is 0.190. The molecule has 2 aliphatic rings. The van der Waals surface area contributed by atoms with Crippen LogP contribution in [-0.2, 0) is 12.8 Å². The van der Waals surface area contributed by atoms with E-state index in [0.29, 0.717) is 35.5 Å². The summed E-state index contributed by atoms with van der Waals surface area (Å²) in [5.74, 6) is 4.38. The lowest BCUT2D eigenvalue weighted by molar-refractivity contribution is -0.274. The van der Waals surface area contributed by atoms with Gasteiger partial charge < -0.3 is 48.9 Å². The van der Waals surface area contributed by atoms with Crippen LogP contribution in [0.3, 0.4) is 0 Å². The summed E-state index contributed by atoms with van der Waals surface area (Å²) in [5.41, 5.74) is 3.40. The van der Waals surface area contributed by atoms with E-state index in [1.807, 2.05) is 18.2 Å². The van der Waals surface area contributed by atoms with Crippen LogP contribution in [0.2, 0.25) is 0 Å². The highest BCUT2D eigenvalue weighted by Crippen LogP contribution is 2.32.